The highest BCUT2D eigenvalue weighted by atomic mass is 32.1. The monoisotopic (exact) mass is 475 g/mol. The quantitative estimate of drug-likeness (QED) is 0.256. The van der Waals surface area contributed by atoms with Crippen molar-refractivity contribution in [1.82, 2.24) is 4.98 Å². The minimum Gasteiger partial charge on any atom is -0.353 e. The van der Waals surface area contributed by atoms with Crippen LogP contribution in [0, 0.1) is 0 Å². The van der Waals surface area contributed by atoms with Crippen LogP contribution in [0.25, 0.3) is 75.0 Å². The van der Waals surface area contributed by atoms with Crippen LogP contribution in [0.4, 0.5) is 0 Å². The van der Waals surface area contributed by atoms with E-state index in [1.165, 1.54) is 75.0 Å². The summed E-state index contributed by atoms with van der Waals surface area (Å²) in [5.41, 5.74) is 7.43. The van der Waals surface area contributed by atoms with Gasteiger partial charge in [0.2, 0.25) is 0 Å². The first-order chi connectivity index (χ1) is 17.8. The van der Waals surface area contributed by atoms with Gasteiger partial charge in [0, 0.05) is 31.8 Å². The first-order valence-electron chi connectivity index (χ1n) is 12.3. The molecule has 2 aromatic heterocycles. The molecule has 1 nitrogen and oxygen atoms in total. The third-order valence-corrected chi connectivity index (χ3v) is 8.58. The van der Waals surface area contributed by atoms with Crippen molar-refractivity contribution in [2.75, 3.05) is 0 Å². The molecule has 0 fully saturated rings. The summed E-state index contributed by atoms with van der Waals surface area (Å²) in [6.45, 7) is 0. The first kappa shape index (κ1) is 19.9. The standard InChI is InChI=1S/C34H21NS/c1-3-9-21(10-4-1)23-15-17-29-27(19-23)31-25-13-7-8-14-26(25)32-28-20-24(22-11-5-2-6-12-22)16-18-30(28)36-34(32)33(31)35-29/h1-20,35H. The van der Waals surface area contributed by atoms with Crippen molar-refractivity contribution in [2.24, 2.45) is 0 Å². The van der Waals surface area contributed by atoms with Gasteiger partial charge in [0.1, 0.15) is 0 Å². The molecule has 0 saturated carbocycles. The van der Waals surface area contributed by atoms with Crippen molar-refractivity contribution in [3.8, 4) is 22.3 Å². The maximum absolute atomic E-state index is 3.81. The minimum atomic E-state index is 1.18. The number of H-pyrrole nitrogens is 1. The van der Waals surface area contributed by atoms with Crippen LogP contribution < -0.4 is 0 Å². The highest BCUT2D eigenvalue weighted by Gasteiger charge is 2.18. The number of fused-ring (bicyclic) bond motifs is 10. The number of thiophene rings is 1. The van der Waals surface area contributed by atoms with Crippen LogP contribution in [-0.2, 0) is 0 Å². The Morgan fingerprint density at radius 1 is 0.444 bits per heavy atom. The van der Waals surface area contributed by atoms with Crippen molar-refractivity contribution in [3.63, 3.8) is 0 Å². The topological polar surface area (TPSA) is 15.8 Å². The molecule has 168 valence electrons. The van der Waals surface area contributed by atoms with Gasteiger partial charge in [-0.15, -0.1) is 11.3 Å². The molecular weight excluding hydrogens is 454 g/mol. The molecule has 0 spiro atoms. The van der Waals surface area contributed by atoms with Gasteiger partial charge < -0.3 is 4.98 Å². The van der Waals surface area contributed by atoms with Gasteiger partial charge in [-0.25, -0.2) is 0 Å². The smallest absolute Gasteiger partial charge is 0.0653 e. The van der Waals surface area contributed by atoms with E-state index < -0.39 is 0 Å². The minimum absolute atomic E-state index is 1.18. The summed E-state index contributed by atoms with van der Waals surface area (Å²) in [6, 6.07) is 44.0. The number of rotatable bonds is 2. The summed E-state index contributed by atoms with van der Waals surface area (Å²) in [4.78, 5) is 3.81. The zero-order chi connectivity index (χ0) is 23.6. The maximum atomic E-state index is 3.81. The number of hydrogen-bond acceptors (Lipinski definition) is 1. The van der Waals surface area contributed by atoms with E-state index in [1.807, 2.05) is 11.3 Å². The van der Waals surface area contributed by atoms with Crippen LogP contribution in [0.1, 0.15) is 0 Å². The molecule has 2 heterocycles. The molecule has 0 aliphatic rings. The summed E-state index contributed by atoms with van der Waals surface area (Å²) in [5, 5.41) is 7.92. The zero-order valence-corrected chi connectivity index (χ0v) is 20.3. The molecular formula is C34H21NS. The lowest BCUT2D eigenvalue weighted by molar-refractivity contribution is 1.56. The molecule has 2 heteroatoms. The molecule has 0 amide bonds. The Balaban J connectivity index is 1.50. The number of benzene rings is 6. The van der Waals surface area contributed by atoms with Crippen molar-refractivity contribution in [3.05, 3.63) is 121 Å². The Kier molecular flexibility index (Phi) is 4.16. The van der Waals surface area contributed by atoms with Crippen LogP contribution in [0.2, 0.25) is 0 Å². The summed E-state index contributed by atoms with van der Waals surface area (Å²) in [5.74, 6) is 0. The number of aromatic amines is 1. The lowest BCUT2D eigenvalue weighted by atomic mass is 9.96. The number of nitrogens with one attached hydrogen (secondary N) is 1. The molecule has 0 atom stereocenters. The largest absolute Gasteiger partial charge is 0.353 e. The lowest BCUT2D eigenvalue weighted by Gasteiger charge is -2.06. The molecule has 0 saturated heterocycles. The fourth-order valence-electron chi connectivity index (χ4n) is 5.72. The zero-order valence-electron chi connectivity index (χ0n) is 19.5. The fraction of sp³-hybridized carbons (Fsp3) is 0. The predicted molar refractivity (Wildman–Crippen MR) is 157 cm³/mol. The van der Waals surface area contributed by atoms with Crippen LogP contribution in [-0.4, -0.2) is 4.98 Å². The molecule has 0 bridgehead atoms. The van der Waals surface area contributed by atoms with E-state index in [1.54, 1.807) is 0 Å². The molecule has 0 aliphatic carbocycles. The van der Waals surface area contributed by atoms with Crippen LogP contribution in [0.3, 0.4) is 0 Å². The van der Waals surface area contributed by atoms with E-state index in [4.69, 9.17) is 0 Å². The second kappa shape index (κ2) is 7.55. The van der Waals surface area contributed by atoms with Gasteiger partial charge in [0.15, 0.2) is 0 Å². The molecule has 0 aliphatic heterocycles. The fourth-order valence-corrected chi connectivity index (χ4v) is 6.93. The van der Waals surface area contributed by atoms with Gasteiger partial charge in [-0.2, -0.15) is 0 Å². The van der Waals surface area contributed by atoms with Crippen LogP contribution in [0.15, 0.2) is 121 Å². The molecule has 8 rings (SSSR count). The first-order valence-corrected chi connectivity index (χ1v) is 13.1. The SMILES string of the molecule is c1ccc(-c2ccc3[nH]c4c5sc6ccc(-c7ccccc7)cc6c5c5ccccc5c4c3c2)cc1. The molecule has 36 heavy (non-hydrogen) atoms. The summed E-state index contributed by atoms with van der Waals surface area (Å²) in [6.07, 6.45) is 0. The van der Waals surface area contributed by atoms with Crippen LogP contribution in [0.5, 0.6) is 0 Å². The molecule has 0 radical (unpaired) electrons. The Bertz CT molecular complexity index is 1930. The van der Waals surface area contributed by atoms with Crippen molar-refractivity contribution >= 4 is 64.1 Å². The third kappa shape index (κ3) is 2.82. The molecule has 8 aromatic rings. The third-order valence-electron chi connectivity index (χ3n) is 7.39. The Morgan fingerprint density at radius 3 is 1.72 bits per heavy atom. The summed E-state index contributed by atoms with van der Waals surface area (Å²) < 4.78 is 2.66. The number of aromatic nitrogens is 1. The molecule has 6 aromatic carbocycles. The van der Waals surface area contributed by atoms with Gasteiger partial charge in [-0.3, -0.25) is 0 Å². The van der Waals surface area contributed by atoms with Crippen molar-refractivity contribution in [1.29, 1.82) is 0 Å². The highest BCUT2D eigenvalue weighted by Crippen LogP contribution is 2.46. The van der Waals surface area contributed by atoms with Gasteiger partial charge in [0.05, 0.1) is 10.2 Å². The summed E-state index contributed by atoms with van der Waals surface area (Å²) in [7, 11) is 0. The van der Waals surface area contributed by atoms with Gasteiger partial charge in [0.25, 0.3) is 0 Å². The molecule has 1 N–H and O–H groups in total. The predicted octanol–water partition coefficient (Wildman–Crippen LogP) is 10.2. The second-order valence-corrected chi connectivity index (χ2v) is 10.5. The van der Waals surface area contributed by atoms with E-state index in [0.29, 0.717) is 0 Å². The molecule has 0 unspecified atom stereocenters. The lowest BCUT2D eigenvalue weighted by Crippen LogP contribution is -1.80. The normalized spacial score (nSPS) is 11.9. The van der Waals surface area contributed by atoms with Gasteiger partial charge in [-0.05, 0) is 57.3 Å². The van der Waals surface area contributed by atoms with Gasteiger partial charge >= 0.3 is 0 Å². The average Bonchev–Trinajstić information content (AvgIpc) is 3.52. The summed E-state index contributed by atoms with van der Waals surface area (Å²) >= 11 is 1.89. The van der Waals surface area contributed by atoms with E-state index in [9.17, 15) is 0 Å². The van der Waals surface area contributed by atoms with Crippen molar-refractivity contribution < 1.29 is 0 Å². The van der Waals surface area contributed by atoms with E-state index in [0.717, 1.165) is 0 Å². The van der Waals surface area contributed by atoms with E-state index in [2.05, 4.69) is 126 Å². The van der Waals surface area contributed by atoms with Crippen LogP contribution >= 0.6 is 11.3 Å². The van der Waals surface area contributed by atoms with Gasteiger partial charge in [-0.1, -0.05) is 97.1 Å². The number of hydrogen-bond donors (Lipinski definition) is 1. The Hall–Kier alpha value is -4.40. The Morgan fingerprint density at radius 2 is 1.03 bits per heavy atom. The van der Waals surface area contributed by atoms with Crippen molar-refractivity contribution in [2.45, 2.75) is 0 Å². The second-order valence-electron chi connectivity index (χ2n) is 9.43. The van der Waals surface area contributed by atoms with E-state index in [-0.39, 0.29) is 0 Å². The van der Waals surface area contributed by atoms with E-state index >= 15 is 0 Å². The highest BCUT2D eigenvalue weighted by molar-refractivity contribution is 7.27. The average molecular weight is 476 g/mol. The Labute approximate surface area is 212 Å². The maximum Gasteiger partial charge on any atom is 0.0653 e.